The maximum absolute atomic E-state index is 12.9. The van der Waals surface area contributed by atoms with E-state index in [4.69, 9.17) is 4.74 Å². The minimum Gasteiger partial charge on any atom is -0.377 e. The third kappa shape index (κ3) is 3.59. The number of carbonyl (C=O) groups excluding carboxylic acids is 1. The molecule has 1 amide bonds. The van der Waals surface area contributed by atoms with Crippen LogP contribution in [0.25, 0.3) is 0 Å². The summed E-state index contributed by atoms with van der Waals surface area (Å²) in [7, 11) is 0. The third-order valence-corrected chi connectivity index (χ3v) is 4.40. The van der Waals surface area contributed by atoms with Gasteiger partial charge in [-0.05, 0) is 38.3 Å². The van der Waals surface area contributed by atoms with Gasteiger partial charge in [0.25, 0.3) is 5.91 Å². The van der Waals surface area contributed by atoms with Crippen LogP contribution >= 0.6 is 0 Å². The van der Waals surface area contributed by atoms with Gasteiger partial charge in [0.05, 0.1) is 30.6 Å². The topological polar surface area (TPSA) is 68.2 Å². The van der Waals surface area contributed by atoms with Crippen LogP contribution in [0.5, 0.6) is 0 Å². The molecule has 0 unspecified atom stereocenters. The van der Waals surface area contributed by atoms with E-state index < -0.39 is 0 Å². The first kappa shape index (κ1) is 16.5. The van der Waals surface area contributed by atoms with Crippen molar-refractivity contribution >= 4 is 5.91 Å². The van der Waals surface area contributed by atoms with Gasteiger partial charge in [0.15, 0.2) is 0 Å². The maximum atomic E-state index is 12.9. The second-order valence-electron chi connectivity index (χ2n) is 6.02. The van der Waals surface area contributed by atoms with Crippen LogP contribution in [-0.4, -0.2) is 51.6 Å². The number of amides is 1. The van der Waals surface area contributed by atoms with Crippen LogP contribution in [0.1, 0.15) is 33.9 Å². The molecular formula is C18H22N4O2. The second kappa shape index (κ2) is 7.49. The summed E-state index contributed by atoms with van der Waals surface area (Å²) in [5.74, 6) is -0.0164. The average Bonchev–Trinajstić information content (AvgIpc) is 2.61. The van der Waals surface area contributed by atoms with Crippen molar-refractivity contribution in [3.63, 3.8) is 0 Å². The van der Waals surface area contributed by atoms with Crippen LogP contribution in [0.2, 0.25) is 0 Å². The van der Waals surface area contributed by atoms with E-state index in [9.17, 15) is 4.79 Å². The molecule has 0 bridgehead atoms. The second-order valence-corrected chi connectivity index (χ2v) is 6.02. The van der Waals surface area contributed by atoms with Crippen LogP contribution < -0.4 is 0 Å². The number of nitrogens with zero attached hydrogens (tertiary/aromatic N) is 4. The van der Waals surface area contributed by atoms with E-state index in [2.05, 4.69) is 15.0 Å². The van der Waals surface area contributed by atoms with Gasteiger partial charge in [0, 0.05) is 25.1 Å². The lowest BCUT2D eigenvalue weighted by molar-refractivity contribution is -0.00448. The summed E-state index contributed by atoms with van der Waals surface area (Å²) in [6, 6.07) is 3.80. The van der Waals surface area contributed by atoms with Crippen LogP contribution in [-0.2, 0) is 11.2 Å². The molecule has 3 heterocycles. The highest BCUT2D eigenvalue weighted by molar-refractivity contribution is 5.93. The Hall–Kier alpha value is -2.34. The molecule has 2 aromatic rings. The van der Waals surface area contributed by atoms with E-state index in [1.807, 2.05) is 30.9 Å². The van der Waals surface area contributed by atoms with E-state index in [1.165, 1.54) is 0 Å². The van der Waals surface area contributed by atoms with Crippen molar-refractivity contribution in [3.8, 4) is 0 Å². The van der Waals surface area contributed by atoms with Gasteiger partial charge in [-0.2, -0.15) is 0 Å². The fourth-order valence-corrected chi connectivity index (χ4v) is 2.99. The molecule has 24 heavy (non-hydrogen) atoms. The number of rotatable bonds is 4. The number of pyridine rings is 1. The standard InChI is InChI=1S/C18H22N4O2/c1-13-4-3-7-21-17(13)18(23)22-10-11-24-12-15(22)5-6-16-14(2)19-8-9-20-16/h3-4,7-9,15H,5-6,10-12H2,1-2H3/t15-/m1/s1. The number of ether oxygens (including phenoxy) is 1. The first-order chi connectivity index (χ1) is 11.7. The van der Waals surface area contributed by atoms with Crippen molar-refractivity contribution in [3.05, 3.63) is 53.4 Å². The Morgan fingerprint density at radius 2 is 2.08 bits per heavy atom. The highest BCUT2D eigenvalue weighted by Crippen LogP contribution is 2.18. The first-order valence-electron chi connectivity index (χ1n) is 8.23. The first-order valence-corrected chi connectivity index (χ1v) is 8.23. The lowest BCUT2D eigenvalue weighted by atomic mass is 10.0. The van der Waals surface area contributed by atoms with Crippen LogP contribution in [0.4, 0.5) is 0 Å². The quantitative estimate of drug-likeness (QED) is 0.859. The van der Waals surface area contributed by atoms with Crippen molar-refractivity contribution in [1.29, 1.82) is 0 Å². The summed E-state index contributed by atoms with van der Waals surface area (Å²) >= 11 is 0. The van der Waals surface area contributed by atoms with Crippen molar-refractivity contribution in [2.24, 2.45) is 0 Å². The molecule has 126 valence electrons. The van der Waals surface area contributed by atoms with Crippen molar-refractivity contribution in [2.75, 3.05) is 19.8 Å². The molecule has 0 aliphatic carbocycles. The third-order valence-electron chi connectivity index (χ3n) is 4.40. The number of aromatic nitrogens is 3. The molecule has 1 fully saturated rings. The van der Waals surface area contributed by atoms with Crippen LogP contribution in [0.3, 0.4) is 0 Å². The zero-order valence-electron chi connectivity index (χ0n) is 14.1. The molecule has 0 radical (unpaired) electrons. The summed E-state index contributed by atoms with van der Waals surface area (Å²) < 4.78 is 5.60. The Bertz CT molecular complexity index is 720. The van der Waals surface area contributed by atoms with Gasteiger partial charge in [0.2, 0.25) is 0 Å². The van der Waals surface area contributed by atoms with Crippen molar-refractivity contribution in [2.45, 2.75) is 32.7 Å². The molecule has 1 atom stereocenters. The molecule has 1 aliphatic rings. The summed E-state index contributed by atoms with van der Waals surface area (Å²) in [5, 5.41) is 0. The van der Waals surface area contributed by atoms with Crippen molar-refractivity contribution < 1.29 is 9.53 Å². The molecule has 2 aromatic heterocycles. The van der Waals surface area contributed by atoms with Crippen LogP contribution in [0, 0.1) is 13.8 Å². The van der Waals surface area contributed by atoms with E-state index in [1.54, 1.807) is 18.6 Å². The predicted octanol–water partition coefficient (Wildman–Crippen LogP) is 1.96. The molecule has 3 rings (SSSR count). The van der Waals surface area contributed by atoms with Gasteiger partial charge in [-0.3, -0.25) is 19.7 Å². The molecule has 1 aliphatic heterocycles. The van der Waals surface area contributed by atoms with Crippen molar-refractivity contribution in [1.82, 2.24) is 19.9 Å². The number of morpholine rings is 1. The summed E-state index contributed by atoms with van der Waals surface area (Å²) in [6.07, 6.45) is 6.65. The molecule has 0 saturated carbocycles. The molecule has 1 saturated heterocycles. The molecule has 0 spiro atoms. The zero-order valence-corrected chi connectivity index (χ0v) is 14.1. The molecular weight excluding hydrogens is 304 g/mol. The Labute approximate surface area is 141 Å². The fourth-order valence-electron chi connectivity index (χ4n) is 2.99. The monoisotopic (exact) mass is 326 g/mol. The number of carbonyl (C=O) groups is 1. The summed E-state index contributed by atoms with van der Waals surface area (Å²) in [5.41, 5.74) is 3.34. The lowest BCUT2D eigenvalue weighted by Crippen LogP contribution is -2.49. The van der Waals surface area contributed by atoms with E-state index in [0.717, 1.165) is 29.8 Å². The van der Waals surface area contributed by atoms with E-state index in [-0.39, 0.29) is 11.9 Å². The van der Waals surface area contributed by atoms with Gasteiger partial charge in [-0.25, -0.2) is 0 Å². The zero-order chi connectivity index (χ0) is 16.9. The molecule has 0 aromatic carbocycles. The lowest BCUT2D eigenvalue weighted by Gasteiger charge is -2.35. The van der Waals surface area contributed by atoms with E-state index in [0.29, 0.717) is 25.5 Å². The van der Waals surface area contributed by atoms with Crippen LogP contribution in [0.15, 0.2) is 30.7 Å². The maximum Gasteiger partial charge on any atom is 0.273 e. The normalized spacial score (nSPS) is 17.8. The van der Waals surface area contributed by atoms with Gasteiger partial charge < -0.3 is 9.64 Å². The van der Waals surface area contributed by atoms with Gasteiger partial charge in [0.1, 0.15) is 5.69 Å². The summed E-state index contributed by atoms with van der Waals surface area (Å²) in [4.78, 5) is 27.7. The Balaban J connectivity index is 1.73. The summed E-state index contributed by atoms with van der Waals surface area (Å²) in [6.45, 7) is 5.59. The largest absolute Gasteiger partial charge is 0.377 e. The van der Waals surface area contributed by atoms with Gasteiger partial charge in [-0.1, -0.05) is 6.07 Å². The highest BCUT2D eigenvalue weighted by Gasteiger charge is 2.29. The highest BCUT2D eigenvalue weighted by atomic mass is 16.5. The number of hydrogen-bond donors (Lipinski definition) is 0. The minimum absolute atomic E-state index is 0.0164. The Kier molecular flexibility index (Phi) is 5.15. The van der Waals surface area contributed by atoms with E-state index >= 15 is 0 Å². The Morgan fingerprint density at radius 1 is 1.25 bits per heavy atom. The average molecular weight is 326 g/mol. The molecule has 0 N–H and O–H groups in total. The smallest absolute Gasteiger partial charge is 0.273 e. The predicted molar refractivity (Wildman–Crippen MR) is 89.7 cm³/mol. The molecule has 6 nitrogen and oxygen atoms in total. The number of hydrogen-bond acceptors (Lipinski definition) is 5. The molecule has 6 heteroatoms. The van der Waals surface area contributed by atoms with Gasteiger partial charge >= 0.3 is 0 Å². The fraction of sp³-hybridized carbons (Fsp3) is 0.444. The van der Waals surface area contributed by atoms with Gasteiger partial charge in [-0.15, -0.1) is 0 Å². The number of aryl methyl sites for hydroxylation is 3. The Morgan fingerprint density at radius 3 is 2.88 bits per heavy atom. The minimum atomic E-state index is -0.0164. The SMILES string of the molecule is Cc1cccnc1C(=O)N1CCOC[C@H]1CCc1nccnc1C.